The SMILES string of the molecule is CCOc1nc2cccc(C(=O)OC(C)OC(=O)OC3CCCCC3)c2n1Cc1ccccc1-c1ccccc1-c1noc(=O)[nH]1. The zero-order valence-corrected chi connectivity index (χ0v) is 25.6. The Balaban J connectivity index is 1.31. The number of carbonyl (C=O) groups excluding carboxylic acids is 2. The number of carbonyl (C=O) groups is 2. The predicted molar refractivity (Wildman–Crippen MR) is 167 cm³/mol. The number of nitrogens with zero attached hydrogens (tertiary/aromatic N) is 3. The van der Waals surface area contributed by atoms with E-state index in [1.54, 1.807) is 18.2 Å². The lowest BCUT2D eigenvalue weighted by Gasteiger charge is -2.22. The van der Waals surface area contributed by atoms with Crippen molar-refractivity contribution in [1.29, 1.82) is 0 Å². The van der Waals surface area contributed by atoms with Gasteiger partial charge in [0.2, 0.25) is 6.29 Å². The van der Waals surface area contributed by atoms with E-state index >= 15 is 0 Å². The molecule has 1 aliphatic carbocycles. The molecule has 46 heavy (non-hydrogen) atoms. The molecule has 0 saturated heterocycles. The minimum Gasteiger partial charge on any atom is -0.465 e. The van der Waals surface area contributed by atoms with Crippen molar-refractivity contribution in [2.45, 2.75) is 64.9 Å². The number of aromatic amines is 1. The number of nitrogens with one attached hydrogen (secondary N) is 1. The van der Waals surface area contributed by atoms with Crippen LogP contribution in [0.25, 0.3) is 33.5 Å². The highest BCUT2D eigenvalue weighted by molar-refractivity contribution is 6.02. The van der Waals surface area contributed by atoms with Crippen molar-refractivity contribution in [1.82, 2.24) is 19.7 Å². The fraction of sp³-hybridized carbons (Fsp3) is 0.324. The lowest BCUT2D eigenvalue weighted by atomic mass is 9.95. The number of benzene rings is 3. The average Bonchev–Trinajstić information content (AvgIpc) is 3.64. The summed E-state index contributed by atoms with van der Waals surface area (Å²) in [6, 6.07) is 20.7. The van der Waals surface area contributed by atoms with Gasteiger partial charge in [-0.05, 0) is 61.4 Å². The number of para-hydroxylation sites is 1. The number of hydrogen-bond donors (Lipinski definition) is 1. The zero-order valence-electron chi connectivity index (χ0n) is 25.6. The number of rotatable bonds is 10. The summed E-state index contributed by atoms with van der Waals surface area (Å²) in [4.78, 5) is 44.9. The van der Waals surface area contributed by atoms with Crippen LogP contribution in [0.4, 0.5) is 4.79 Å². The van der Waals surface area contributed by atoms with Crippen molar-refractivity contribution in [2.24, 2.45) is 0 Å². The molecule has 0 bridgehead atoms. The van der Waals surface area contributed by atoms with E-state index in [2.05, 4.69) is 15.1 Å². The van der Waals surface area contributed by atoms with E-state index in [0.29, 0.717) is 35.0 Å². The molecule has 0 aliphatic heterocycles. The van der Waals surface area contributed by atoms with E-state index in [4.69, 9.17) is 23.5 Å². The lowest BCUT2D eigenvalue weighted by Crippen LogP contribution is -2.26. The van der Waals surface area contributed by atoms with Crippen LogP contribution in [0.1, 0.15) is 61.9 Å². The van der Waals surface area contributed by atoms with Crippen molar-refractivity contribution in [3.8, 4) is 28.5 Å². The second-order valence-corrected chi connectivity index (χ2v) is 11.0. The molecule has 3 aromatic carbocycles. The van der Waals surface area contributed by atoms with Crippen LogP contribution in [-0.4, -0.2) is 50.8 Å². The molecule has 1 aliphatic rings. The van der Waals surface area contributed by atoms with Crippen LogP contribution < -0.4 is 10.5 Å². The van der Waals surface area contributed by atoms with Gasteiger partial charge in [0.25, 0.3) is 6.01 Å². The first-order valence-electron chi connectivity index (χ1n) is 15.3. The van der Waals surface area contributed by atoms with Crippen LogP contribution >= 0.6 is 0 Å². The summed E-state index contributed by atoms with van der Waals surface area (Å²) in [7, 11) is 0. The number of imidazole rings is 1. The molecule has 1 fully saturated rings. The van der Waals surface area contributed by atoms with Gasteiger partial charge in [0.15, 0.2) is 5.82 Å². The van der Waals surface area contributed by atoms with Crippen molar-refractivity contribution in [3.05, 3.63) is 88.4 Å². The molecule has 12 nitrogen and oxygen atoms in total. The van der Waals surface area contributed by atoms with E-state index < -0.39 is 24.2 Å². The second-order valence-electron chi connectivity index (χ2n) is 11.0. The van der Waals surface area contributed by atoms with Crippen molar-refractivity contribution >= 4 is 23.2 Å². The third-order valence-electron chi connectivity index (χ3n) is 7.83. The van der Waals surface area contributed by atoms with Crippen molar-refractivity contribution < 1.29 is 33.1 Å². The highest BCUT2D eigenvalue weighted by atomic mass is 16.8. The van der Waals surface area contributed by atoms with Gasteiger partial charge < -0.3 is 18.9 Å². The largest absolute Gasteiger partial charge is 0.511 e. The third-order valence-corrected chi connectivity index (χ3v) is 7.83. The highest BCUT2D eigenvalue weighted by Crippen LogP contribution is 2.34. The number of esters is 1. The topological polar surface area (TPSA) is 148 Å². The Kier molecular flexibility index (Phi) is 9.13. The summed E-state index contributed by atoms with van der Waals surface area (Å²) in [5, 5.41) is 3.89. The van der Waals surface area contributed by atoms with Crippen LogP contribution in [0.5, 0.6) is 6.01 Å². The molecule has 1 atom stereocenters. The van der Waals surface area contributed by atoms with E-state index in [-0.39, 0.29) is 18.2 Å². The molecule has 238 valence electrons. The van der Waals surface area contributed by atoms with E-state index in [1.807, 2.05) is 60.0 Å². The molecule has 12 heteroatoms. The van der Waals surface area contributed by atoms with E-state index in [0.717, 1.165) is 48.8 Å². The maximum absolute atomic E-state index is 13.5. The molecule has 2 heterocycles. The molecule has 5 aromatic rings. The van der Waals surface area contributed by atoms with Crippen LogP contribution in [0.2, 0.25) is 0 Å². The zero-order chi connectivity index (χ0) is 32.0. The number of fused-ring (bicyclic) bond motifs is 1. The average molecular weight is 627 g/mol. The summed E-state index contributed by atoms with van der Waals surface area (Å²) in [6.07, 6.45) is 2.50. The minimum absolute atomic E-state index is 0.183. The molecule has 0 amide bonds. The van der Waals surface area contributed by atoms with Crippen LogP contribution in [-0.2, 0) is 20.8 Å². The normalized spacial score (nSPS) is 14.1. The smallest absolute Gasteiger partial charge is 0.465 e. The van der Waals surface area contributed by atoms with E-state index in [1.165, 1.54) is 6.92 Å². The maximum atomic E-state index is 13.5. The quantitative estimate of drug-likeness (QED) is 0.135. The van der Waals surface area contributed by atoms with E-state index in [9.17, 15) is 14.4 Å². The fourth-order valence-corrected chi connectivity index (χ4v) is 5.80. The predicted octanol–water partition coefficient (Wildman–Crippen LogP) is 6.48. The first-order chi connectivity index (χ1) is 22.4. The molecule has 1 saturated carbocycles. The third kappa shape index (κ3) is 6.65. The Labute approximate surface area is 264 Å². The molecule has 0 spiro atoms. The first kappa shape index (κ1) is 30.6. The van der Waals surface area contributed by atoms with Gasteiger partial charge in [-0.1, -0.05) is 66.2 Å². The summed E-state index contributed by atoms with van der Waals surface area (Å²) in [5.74, 6) is -1.03. The highest BCUT2D eigenvalue weighted by Gasteiger charge is 2.25. The van der Waals surface area contributed by atoms with Gasteiger partial charge in [-0.15, -0.1) is 0 Å². The van der Waals surface area contributed by atoms with Gasteiger partial charge in [-0.25, -0.2) is 14.4 Å². The van der Waals surface area contributed by atoms with Crippen LogP contribution in [0, 0.1) is 0 Å². The van der Waals surface area contributed by atoms with Gasteiger partial charge >= 0.3 is 17.9 Å². The molecule has 0 radical (unpaired) electrons. The molecular formula is C34H34N4O8. The Hall–Kier alpha value is -5.39. The Morgan fingerprint density at radius 2 is 1.70 bits per heavy atom. The van der Waals surface area contributed by atoms with Gasteiger partial charge in [0.05, 0.1) is 29.7 Å². The molecule has 6 rings (SSSR count). The number of hydrogen-bond acceptors (Lipinski definition) is 10. The lowest BCUT2D eigenvalue weighted by molar-refractivity contribution is -0.0914. The molecule has 1 N–H and O–H groups in total. The van der Waals surface area contributed by atoms with Crippen LogP contribution in [0.15, 0.2) is 76.0 Å². The molecule has 1 unspecified atom stereocenters. The summed E-state index contributed by atoms with van der Waals surface area (Å²) < 4.78 is 28.7. The maximum Gasteiger partial charge on any atom is 0.511 e. The molecule has 2 aromatic heterocycles. The summed E-state index contributed by atoms with van der Waals surface area (Å²) in [6.45, 7) is 3.95. The summed E-state index contributed by atoms with van der Waals surface area (Å²) in [5.41, 5.74) is 4.50. The Morgan fingerprint density at radius 1 is 0.957 bits per heavy atom. The van der Waals surface area contributed by atoms with Crippen molar-refractivity contribution in [2.75, 3.05) is 6.61 Å². The van der Waals surface area contributed by atoms with Gasteiger partial charge in [-0.2, -0.15) is 4.98 Å². The standard InChI is InChI=1S/C34H34N4O8/c1-3-42-32-35-28-19-11-18-27(31(39)43-21(2)44-34(41)45-23-13-5-4-6-14-23)29(28)38(32)20-22-12-7-8-15-24(22)25-16-9-10-17-26(25)30-36-33(40)46-37-30/h7-12,15-19,21,23H,3-6,13-14,20H2,1-2H3,(H,36,37,40). The van der Waals surface area contributed by atoms with Crippen molar-refractivity contribution in [3.63, 3.8) is 0 Å². The first-order valence-corrected chi connectivity index (χ1v) is 15.3. The Bertz CT molecular complexity index is 1900. The number of aromatic nitrogens is 4. The van der Waals surface area contributed by atoms with Gasteiger partial charge in [0, 0.05) is 12.5 Å². The van der Waals surface area contributed by atoms with Gasteiger partial charge in [-0.3, -0.25) is 14.1 Å². The fourth-order valence-electron chi connectivity index (χ4n) is 5.80. The van der Waals surface area contributed by atoms with Crippen LogP contribution in [0.3, 0.4) is 0 Å². The molecular weight excluding hydrogens is 592 g/mol. The monoisotopic (exact) mass is 626 g/mol. The Morgan fingerprint density at radius 3 is 2.43 bits per heavy atom. The second kappa shape index (κ2) is 13.7. The number of ether oxygens (including phenoxy) is 4. The number of H-pyrrole nitrogens is 1. The minimum atomic E-state index is -1.18. The van der Waals surface area contributed by atoms with Gasteiger partial charge in [0.1, 0.15) is 6.10 Å². The summed E-state index contributed by atoms with van der Waals surface area (Å²) >= 11 is 0.